The van der Waals surface area contributed by atoms with Gasteiger partial charge in [0.1, 0.15) is 11.2 Å². The second-order valence-corrected chi connectivity index (χ2v) is 11.8. The zero-order valence-corrected chi connectivity index (χ0v) is 22.1. The lowest BCUT2D eigenvalue weighted by Crippen LogP contribution is -2.14. The fourth-order valence-electron chi connectivity index (χ4n) is 4.62. The molecule has 5 rings (SSSR count). The Bertz CT molecular complexity index is 1440. The molecule has 4 aromatic carbocycles. The number of halogens is 1. The number of anilines is 3. The third kappa shape index (κ3) is 4.44. The predicted octanol–water partition coefficient (Wildman–Crippen LogP) is 10.3. The molecule has 0 aliphatic heterocycles. The van der Waals surface area contributed by atoms with Gasteiger partial charge in [-0.15, -0.1) is 0 Å². The topological polar surface area (TPSA) is 16.4 Å². The normalized spacial score (nSPS) is 12.4. The van der Waals surface area contributed by atoms with Gasteiger partial charge in [0.05, 0.1) is 11.1 Å². The predicted molar refractivity (Wildman–Crippen MR) is 151 cm³/mol. The molecule has 0 aliphatic carbocycles. The van der Waals surface area contributed by atoms with Crippen LogP contribution < -0.4 is 4.90 Å². The highest BCUT2D eigenvalue weighted by Crippen LogP contribution is 2.44. The number of hydrogen-bond donors (Lipinski definition) is 0. The van der Waals surface area contributed by atoms with Crippen molar-refractivity contribution in [1.82, 2.24) is 0 Å². The molecule has 0 amide bonds. The highest BCUT2D eigenvalue weighted by Gasteiger charge is 2.22. The van der Waals surface area contributed by atoms with E-state index in [4.69, 9.17) is 16.0 Å². The summed E-state index contributed by atoms with van der Waals surface area (Å²) in [6.07, 6.45) is 0. The van der Waals surface area contributed by atoms with Crippen LogP contribution in [0.5, 0.6) is 0 Å². The largest absolute Gasteiger partial charge is 0.456 e. The maximum atomic E-state index is 6.65. The summed E-state index contributed by atoms with van der Waals surface area (Å²) in [5, 5.41) is 2.79. The first-order valence-corrected chi connectivity index (χ1v) is 12.5. The Kier molecular flexibility index (Phi) is 5.68. The zero-order chi connectivity index (χ0) is 25.0. The monoisotopic (exact) mass is 481 g/mol. The van der Waals surface area contributed by atoms with Crippen LogP contribution in [0.1, 0.15) is 52.7 Å². The average molecular weight is 482 g/mol. The highest BCUT2D eigenvalue weighted by molar-refractivity contribution is 6.32. The number of hydrogen-bond acceptors (Lipinski definition) is 2. The van der Waals surface area contributed by atoms with Gasteiger partial charge >= 0.3 is 0 Å². The number of benzene rings is 4. The van der Waals surface area contributed by atoms with Crippen LogP contribution in [0.3, 0.4) is 0 Å². The van der Waals surface area contributed by atoms with Gasteiger partial charge in [-0.3, -0.25) is 0 Å². The number of furan rings is 1. The lowest BCUT2D eigenvalue weighted by atomic mass is 9.86. The van der Waals surface area contributed by atoms with E-state index in [0.29, 0.717) is 5.02 Å². The fraction of sp³-hybridized carbons (Fsp3) is 0.250. The van der Waals surface area contributed by atoms with Gasteiger partial charge in [-0.2, -0.15) is 0 Å². The van der Waals surface area contributed by atoms with Crippen molar-refractivity contribution in [3.63, 3.8) is 0 Å². The van der Waals surface area contributed by atoms with Crippen LogP contribution in [0.25, 0.3) is 21.9 Å². The Hall–Kier alpha value is -3.23. The Morgan fingerprint density at radius 1 is 0.629 bits per heavy atom. The number of fused-ring (bicyclic) bond motifs is 3. The van der Waals surface area contributed by atoms with E-state index in [1.165, 1.54) is 11.1 Å². The lowest BCUT2D eigenvalue weighted by molar-refractivity contribution is 0.590. The summed E-state index contributed by atoms with van der Waals surface area (Å²) in [5.41, 5.74) is 7.58. The van der Waals surface area contributed by atoms with E-state index in [1.807, 2.05) is 24.3 Å². The molecule has 0 bridgehead atoms. The molecule has 178 valence electrons. The van der Waals surface area contributed by atoms with Gasteiger partial charge < -0.3 is 9.32 Å². The van der Waals surface area contributed by atoms with E-state index in [1.54, 1.807) is 0 Å². The molecular weight excluding hydrogens is 450 g/mol. The van der Waals surface area contributed by atoms with Gasteiger partial charge in [0.2, 0.25) is 0 Å². The summed E-state index contributed by atoms with van der Waals surface area (Å²) in [6.45, 7) is 13.4. The van der Waals surface area contributed by atoms with Gasteiger partial charge in [-0.05, 0) is 58.4 Å². The molecule has 1 aromatic heterocycles. The van der Waals surface area contributed by atoms with Crippen molar-refractivity contribution in [2.45, 2.75) is 52.4 Å². The third-order valence-corrected chi connectivity index (χ3v) is 6.86. The molecule has 5 aromatic rings. The Morgan fingerprint density at radius 3 is 1.66 bits per heavy atom. The van der Waals surface area contributed by atoms with Crippen molar-refractivity contribution < 1.29 is 4.42 Å². The highest BCUT2D eigenvalue weighted by atomic mass is 35.5. The smallest absolute Gasteiger partial charge is 0.139 e. The Labute approximate surface area is 213 Å². The molecule has 0 unspecified atom stereocenters. The zero-order valence-electron chi connectivity index (χ0n) is 21.3. The molecule has 0 saturated carbocycles. The van der Waals surface area contributed by atoms with Crippen LogP contribution >= 0.6 is 11.6 Å². The van der Waals surface area contributed by atoms with E-state index in [0.717, 1.165) is 39.0 Å². The molecule has 0 aliphatic rings. The minimum atomic E-state index is 0.0851. The molecule has 0 N–H and O–H groups in total. The van der Waals surface area contributed by atoms with Gasteiger partial charge in [0.25, 0.3) is 0 Å². The maximum Gasteiger partial charge on any atom is 0.139 e. The van der Waals surface area contributed by atoms with Crippen LogP contribution in [-0.2, 0) is 10.8 Å². The van der Waals surface area contributed by atoms with Crippen LogP contribution in [0.2, 0.25) is 5.02 Å². The van der Waals surface area contributed by atoms with E-state index in [-0.39, 0.29) is 10.8 Å². The first kappa shape index (κ1) is 23.5. The molecule has 0 radical (unpaired) electrons. The fourth-order valence-corrected chi connectivity index (χ4v) is 4.83. The van der Waals surface area contributed by atoms with Crippen LogP contribution in [0.15, 0.2) is 89.3 Å². The quantitative estimate of drug-likeness (QED) is 0.255. The average Bonchev–Trinajstić information content (AvgIpc) is 3.17. The number of rotatable bonds is 3. The first-order chi connectivity index (χ1) is 16.5. The summed E-state index contributed by atoms with van der Waals surface area (Å²) in [4.78, 5) is 2.29. The molecule has 0 saturated heterocycles. The first-order valence-electron chi connectivity index (χ1n) is 12.1. The summed E-state index contributed by atoms with van der Waals surface area (Å²) in [5.74, 6) is 0. The number of nitrogens with zero attached hydrogens (tertiary/aromatic N) is 1. The van der Waals surface area contributed by atoms with Crippen molar-refractivity contribution in [2.24, 2.45) is 0 Å². The summed E-state index contributed by atoms with van der Waals surface area (Å²) >= 11 is 6.65. The molecule has 1 heterocycles. The molecule has 0 spiro atoms. The van der Waals surface area contributed by atoms with Crippen molar-refractivity contribution in [3.05, 3.63) is 101 Å². The van der Waals surface area contributed by atoms with Crippen molar-refractivity contribution in [3.8, 4) is 0 Å². The van der Waals surface area contributed by atoms with E-state index >= 15 is 0 Å². The molecule has 0 atom stereocenters. The molecule has 3 heteroatoms. The Balaban J connectivity index is 1.77. The van der Waals surface area contributed by atoms with Gasteiger partial charge in [0, 0.05) is 27.8 Å². The van der Waals surface area contributed by atoms with Gasteiger partial charge in [0.15, 0.2) is 0 Å². The molecule has 0 fully saturated rings. The second kappa shape index (κ2) is 8.46. The van der Waals surface area contributed by atoms with Gasteiger partial charge in [-0.1, -0.05) is 95.6 Å². The van der Waals surface area contributed by atoms with Crippen LogP contribution in [0, 0.1) is 0 Å². The van der Waals surface area contributed by atoms with Crippen molar-refractivity contribution in [2.75, 3.05) is 4.90 Å². The molecule has 35 heavy (non-hydrogen) atoms. The Morgan fingerprint density at radius 2 is 1.14 bits per heavy atom. The molecule has 2 nitrogen and oxygen atoms in total. The van der Waals surface area contributed by atoms with Gasteiger partial charge in [-0.25, -0.2) is 0 Å². The van der Waals surface area contributed by atoms with Crippen LogP contribution in [0.4, 0.5) is 17.1 Å². The minimum Gasteiger partial charge on any atom is -0.456 e. The lowest BCUT2D eigenvalue weighted by Gasteiger charge is -2.28. The van der Waals surface area contributed by atoms with E-state index < -0.39 is 0 Å². The SMILES string of the molecule is CC(C)(C)c1ccc(N(c2ccc(C(C)(C)C)cc2)c2cc(Cl)cc3oc4ccccc4c23)cc1. The number of para-hydroxylation sites is 1. The summed E-state index contributed by atoms with van der Waals surface area (Å²) in [7, 11) is 0. The maximum absolute atomic E-state index is 6.65. The van der Waals surface area contributed by atoms with E-state index in [9.17, 15) is 0 Å². The summed E-state index contributed by atoms with van der Waals surface area (Å²) < 4.78 is 6.21. The van der Waals surface area contributed by atoms with Crippen molar-refractivity contribution >= 4 is 50.6 Å². The standard InChI is InChI=1S/C32H32ClNO/c1-31(2,3)21-11-15-24(16-12-21)34(25-17-13-22(14-18-25)32(4,5)6)27-19-23(33)20-29-30(27)26-9-7-8-10-28(26)35-29/h7-20H,1-6H3. The summed E-state index contributed by atoms with van der Waals surface area (Å²) in [6, 6.07) is 29.8. The van der Waals surface area contributed by atoms with Crippen LogP contribution in [-0.4, -0.2) is 0 Å². The van der Waals surface area contributed by atoms with Crippen molar-refractivity contribution in [1.29, 1.82) is 0 Å². The minimum absolute atomic E-state index is 0.0851. The third-order valence-electron chi connectivity index (χ3n) is 6.65. The van der Waals surface area contributed by atoms with E-state index in [2.05, 4.69) is 107 Å². The molecular formula is C32H32ClNO. The second-order valence-electron chi connectivity index (χ2n) is 11.3.